The Hall–Kier alpha value is -3.63. The molecule has 0 saturated heterocycles. The maximum atomic E-state index is 12.9. The Morgan fingerprint density at radius 3 is 2.03 bits per heavy atom. The molecule has 1 aromatic rings. The molecule has 0 aliphatic carbocycles. The molecule has 0 aliphatic heterocycles. The van der Waals surface area contributed by atoms with Crippen molar-refractivity contribution in [2.75, 3.05) is 13.2 Å². The van der Waals surface area contributed by atoms with Gasteiger partial charge in [0.05, 0.1) is 25.6 Å². The minimum absolute atomic E-state index is 0.0265. The fraction of sp³-hybridized carbons (Fsp3) is 0.522. The molecule has 0 spiro atoms. The number of rotatable bonds is 13. The number of benzene rings is 1. The fourth-order valence-corrected chi connectivity index (χ4v) is 2.99. The highest BCUT2D eigenvalue weighted by molar-refractivity contribution is 5.93. The van der Waals surface area contributed by atoms with E-state index in [4.69, 9.17) is 14.2 Å². The zero-order valence-electron chi connectivity index (χ0n) is 19.7. The molecule has 0 heterocycles. The van der Waals surface area contributed by atoms with Gasteiger partial charge >= 0.3 is 24.0 Å². The number of hydrogen-bond donors (Lipinski definition) is 3. The number of esters is 2. The van der Waals surface area contributed by atoms with Gasteiger partial charge in [0.25, 0.3) is 0 Å². The lowest BCUT2D eigenvalue weighted by molar-refractivity contribution is -0.160. The largest absolute Gasteiger partial charge is 0.480 e. The van der Waals surface area contributed by atoms with Crippen LogP contribution in [0.25, 0.3) is 0 Å². The standard InChI is InChI=1S/C23H32N2O9/c1-5-32-17(26)12-16(22(30)33-6-2)19(21(28)29)24-20(27)18(14(3)4)25-23(31)34-13-15-10-8-7-9-11-15/h7-11,14,16,18-19H,5-6,12-13H2,1-4H3,(H,24,27)(H,25,31)(H,28,29)/t16-,18+,19-/m1/s1. The number of hydrogen-bond acceptors (Lipinski definition) is 8. The highest BCUT2D eigenvalue weighted by Gasteiger charge is 2.40. The summed E-state index contributed by atoms with van der Waals surface area (Å²) in [5, 5.41) is 14.3. The highest BCUT2D eigenvalue weighted by atomic mass is 16.6. The van der Waals surface area contributed by atoms with E-state index in [-0.39, 0.29) is 19.8 Å². The molecule has 11 heteroatoms. The van der Waals surface area contributed by atoms with Crippen LogP contribution in [0, 0.1) is 11.8 Å². The Morgan fingerprint density at radius 2 is 1.50 bits per heavy atom. The molecule has 34 heavy (non-hydrogen) atoms. The van der Waals surface area contributed by atoms with E-state index in [0.717, 1.165) is 5.56 Å². The second-order valence-electron chi connectivity index (χ2n) is 7.62. The number of aliphatic carboxylic acids is 1. The number of alkyl carbamates (subject to hydrolysis) is 1. The van der Waals surface area contributed by atoms with Gasteiger partial charge in [-0.05, 0) is 25.3 Å². The molecule has 1 rings (SSSR count). The number of carboxylic acids is 1. The first-order valence-corrected chi connectivity index (χ1v) is 10.9. The fourth-order valence-electron chi connectivity index (χ4n) is 2.99. The molecule has 1 aromatic carbocycles. The SMILES string of the molecule is CCOC(=O)C[C@@H](C(=O)OCC)[C@@H](NC(=O)[C@@H](NC(=O)OCc1ccccc1)C(C)C)C(=O)O. The van der Waals surface area contributed by atoms with Crippen molar-refractivity contribution in [1.82, 2.24) is 10.6 Å². The molecule has 0 fully saturated rings. The summed E-state index contributed by atoms with van der Waals surface area (Å²) < 4.78 is 14.8. The normalized spacial score (nSPS) is 13.2. The van der Waals surface area contributed by atoms with Crippen LogP contribution in [0.2, 0.25) is 0 Å². The molecule has 2 amide bonds. The van der Waals surface area contributed by atoms with Gasteiger partial charge in [-0.15, -0.1) is 0 Å². The number of carbonyl (C=O) groups is 5. The highest BCUT2D eigenvalue weighted by Crippen LogP contribution is 2.15. The summed E-state index contributed by atoms with van der Waals surface area (Å²) in [6, 6.07) is 5.93. The number of amides is 2. The second-order valence-corrected chi connectivity index (χ2v) is 7.62. The van der Waals surface area contributed by atoms with Crippen LogP contribution in [0.15, 0.2) is 30.3 Å². The molecular formula is C23H32N2O9. The number of carboxylic acid groups (broad SMARTS) is 1. The van der Waals surface area contributed by atoms with Gasteiger partial charge in [-0.25, -0.2) is 9.59 Å². The van der Waals surface area contributed by atoms with E-state index in [1.165, 1.54) is 6.92 Å². The van der Waals surface area contributed by atoms with Gasteiger partial charge in [0, 0.05) is 0 Å². The van der Waals surface area contributed by atoms with Crippen molar-refractivity contribution in [3.8, 4) is 0 Å². The molecule has 3 N–H and O–H groups in total. The Kier molecular flexibility index (Phi) is 12.1. The van der Waals surface area contributed by atoms with Crippen LogP contribution in [-0.4, -0.2) is 60.3 Å². The second kappa shape index (κ2) is 14.5. The molecule has 11 nitrogen and oxygen atoms in total. The third-order valence-electron chi connectivity index (χ3n) is 4.68. The molecule has 0 aromatic heterocycles. The number of ether oxygens (including phenoxy) is 3. The third-order valence-corrected chi connectivity index (χ3v) is 4.68. The van der Waals surface area contributed by atoms with E-state index in [0.29, 0.717) is 0 Å². The minimum Gasteiger partial charge on any atom is -0.480 e. The predicted molar refractivity (Wildman–Crippen MR) is 119 cm³/mol. The van der Waals surface area contributed by atoms with Crippen LogP contribution >= 0.6 is 0 Å². The molecule has 188 valence electrons. The summed E-state index contributed by atoms with van der Waals surface area (Å²) >= 11 is 0. The van der Waals surface area contributed by atoms with Crippen LogP contribution in [-0.2, 0) is 40.0 Å². The van der Waals surface area contributed by atoms with E-state index in [1.54, 1.807) is 45.0 Å². The van der Waals surface area contributed by atoms with Gasteiger partial charge in [-0.2, -0.15) is 0 Å². The van der Waals surface area contributed by atoms with E-state index in [2.05, 4.69) is 10.6 Å². The van der Waals surface area contributed by atoms with Crippen LogP contribution in [0.5, 0.6) is 0 Å². The van der Waals surface area contributed by atoms with Crippen molar-refractivity contribution in [2.45, 2.75) is 52.8 Å². The molecule has 3 atom stereocenters. The van der Waals surface area contributed by atoms with Gasteiger partial charge in [0.1, 0.15) is 18.7 Å². The molecule has 0 bridgehead atoms. The van der Waals surface area contributed by atoms with Gasteiger partial charge in [0.2, 0.25) is 5.91 Å². The summed E-state index contributed by atoms with van der Waals surface area (Å²) in [5.41, 5.74) is 0.741. The lowest BCUT2D eigenvalue weighted by Crippen LogP contribution is -2.57. The quantitative estimate of drug-likeness (QED) is 0.282. The summed E-state index contributed by atoms with van der Waals surface area (Å²) in [6.45, 7) is 6.31. The molecular weight excluding hydrogens is 448 g/mol. The minimum atomic E-state index is -1.79. The molecule has 0 aliphatic rings. The average molecular weight is 481 g/mol. The Morgan fingerprint density at radius 1 is 0.882 bits per heavy atom. The zero-order chi connectivity index (χ0) is 25.7. The predicted octanol–water partition coefficient (Wildman–Crippen LogP) is 1.64. The maximum Gasteiger partial charge on any atom is 0.408 e. The van der Waals surface area contributed by atoms with Crippen molar-refractivity contribution in [1.29, 1.82) is 0 Å². The lowest BCUT2D eigenvalue weighted by atomic mass is 9.94. The number of carbonyl (C=O) groups excluding carboxylic acids is 4. The smallest absolute Gasteiger partial charge is 0.408 e. The summed E-state index contributed by atoms with van der Waals surface area (Å²) in [4.78, 5) is 61.4. The van der Waals surface area contributed by atoms with Gasteiger partial charge < -0.3 is 30.0 Å². The van der Waals surface area contributed by atoms with Crippen LogP contribution in [0.3, 0.4) is 0 Å². The average Bonchev–Trinajstić information content (AvgIpc) is 2.78. The zero-order valence-corrected chi connectivity index (χ0v) is 19.7. The van der Waals surface area contributed by atoms with Crippen molar-refractivity contribution < 1.29 is 43.3 Å². The Bertz CT molecular complexity index is 842. The topological polar surface area (TPSA) is 157 Å². The van der Waals surface area contributed by atoms with Crippen LogP contribution in [0.4, 0.5) is 4.79 Å². The van der Waals surface area contributed by atoms with Gasteiger partial charge in [-0.3, -0.25) is 14.4 Å². The Labute approximate surface area is 198 Å². The lowest BCUT2D eigenvalue weighted by Gasteiger charge is -2.27. The van der Waals surface area contributed by atoms with Crippen molar-refractivity contribution in [3.05, 3.63) is 35.9 Å². The maximum absolute atomic E-state index is 12.9. The van der Waals surface area contributed by atoms with Crippen LogP contribution in [0.1, 0.15) is 39.7 Å². The van der Waals surface area contributed by atoms with E-state index in [9.17, 15) is 29.1 Å². The van der Waals surface area contributed by atoms with E-state index >= 15 is 0 Å². The van der Waals surface area contributed by atoms with Crippen LogP contribution < -0.4 is 10.6 Å². The summed E-state index contributed by atoms with van der Waals surface area (Å²) in [6.07, 6.45) is -1.49. The molecule has 0 unspecified atom stereocenters. The van der Waals surface area contributed by atoms with E-state index < -0.39 is 60.2 Å². The Balaban J connectivity index is 2.95. The van der Waals surface area contributed by atoms with Crippen molar-refractivity contribution in [2.24, 2.45) is 11.8 Å². The molecule has 0 saturated carbocycles. The summed E-state index contributed by atoms with van der Waals surface area (Å²) in [7, 11) is 0. The first-order valence-electron chi connectivity index (χ1n) is 10.9. The third kappa shape index (κ3) is 9.47. The summed E-state index contributed by atoms with van der Waals surface area (Å²) in [5.74, 6) is -6.19. The first-order chi connectivity index (χ1) is 16.1. The first kappa shape index (κ1) is 28.4. The monoisotopic (exact) mass is 480 g/mol. The number of nitrogens with one attached hydrogen (secondary N) is 2. The van der Waals surface area contributed by atoms with Gasteiger partial charge in [-0.1, -0.05) is 44.2 Å². The van der Waals surface area contributed by atoms with Gasteiger partial charge in [0.15, 0.2) is 0 Å². The van der Waals surface area contributed by atoms with E-state index in [1.807, 2.05) is 6.07 Å². The molecule has 0 radical (unpaired) electrons. The van der Waals surface area contributed by atoms with Crippen molar-refractivity contribution >= 4 is 29.9 Å². The van der Waals surface area contributed by atoms with Crippen molar-refractivity contribution in [3.63, 3.8) is 0 Å².